The molecule has 1 amide bonds. The maximum absolute atomic E-state index is 13.3. The quantitative estimate of drug-likeness (QED) is 0.813. The van der Waals surface area contributed by atoms with Gasteiger partial charge in [0.15, 0.2) is 0 Å². The molecular formula is C19H29FN2O3. The lowest BCUT2D eigenvalue weighted by Crippen LogP contribution is -2.48. The van der Waals surface area contributed by atoms with E-state index in [-0.39, 0.29) is 24.2 Å². The fourth-order valence-electron chi connectivity index (χ4n) is 3.57. The largest absolute Gasteiger partial charge is 0.396 e. The molecule has 0 unspecified atom stereocenters. The number of carbonyl (C=O) groups is 1. The summed E-state index contributed by atoms with van der Waals surface area (Å²) in [5.41, 5.74) is 1.18. The highest BCUT2D eigenvalue weighted by Gasteiger charge is 2.31. The van der Waals surface area contributed by atoms with Gasteiger partial charge < -0.3 is 19.6 Å². The summed E-state index contributed by atoms with van der Waals surface area (Å²) in [5, 5.41) is 9.62. The number of nitrogens with zero attached hydrogens (tertiary/aromatic N) is 2. The van der Waals surface area contributed by atoms with Crippen molar-refractivity contribution in [3.63, 3.8) is 0 Å². The van der Waals surface area contributed by atoms with Gasteiger partial charge in [-0.1, -0.05) is 0 Å². The number of likely N-dealkylation sites (tertiary alicyclic amines) is 1. The van der Waals surface area contributed by atoms with Crippen LogP contribution < -0.4 is 0 Å². The first-order chi connectivity index (χ1) is 11.9. The molecule has 0 radical (unpaired) electrons. The minimum Gasteiger partial charge on any atom is -0.396 e. The molecule has 2 rings (SSSR count). The van der Waals surface area contributed by atoms with Crippen LogP contribution in [0, 0.1) is 24.6 Å². The molecule has 1 heterocycles. The zero-order valence-corrected chi connectivity index (χ0v) is 15.4. The van der Waals surface area contributed by atoms with E-state index in [1.165, 1.54) is 12.1 Å². The van der Waals surface area contributed by atoms with E-state index >= 15 is 0 Å². The maximum Gasteiger partial charge on any atom is 0.254 e. The van der Waals surface area contributed by atoms with Gasteiger partial charge >= 0.3 is 0 Å². The second-order valence-corrected chi connectivity index (χ2v) is 7.07. The Kier molecular flexibility index (Phi) is 7.35. The van der Waals surface area contributed by atoms with Crippen molar-refractivity contribution in [3.8, 4) is 0 Å². The molecule has 6 heteroatoms. The highest BCUT2D eigenvalue weighted by atomic mass is 19.1. The number of aryl methyl sites for hydroxylation is 1. The molecule has 1 aliphatic heterocycles. The number of amides is 1. The van der Waals surface area contributed by atoms with Crippen LogP contribution in [0.5, 0.6) is 0 Å². The molecule has 0 spiro atoms. The van der Waals surface area contributed by atoms with Crippen LogP contribution in [0.25, 0.3) is 0 Å². The van der Waals surface area contributed by atoms with Gasteiger partial charge in [0.1, 0.15) is 5.82 Å². The summed E-state index contributed by atoms with van der Waals surface area (Å²) >= 11 is 0. The molecule has 1 N–H and O–H groups in total. The number of carbonyl (C=O) groups excluding carboxylic acids is 1. The molecule has 25 heavy (non-hydrogen) atoms. The van der Waals surface area contributed by atoms with Crippen LogP contribution in [0.1, 0.15) is 22.3 Å². The van der Waals surface area contributed by atoms with Crippen LogP contribution in [-0.4, -0.2) is 74.4 Å². The normalized spacial score (nSPS) is 21.0. The van der Waals surface area contributed by atoms with Crippen molar-refractivity contribution in [2.24, 2.45) is 11.8 Å². The molecular weight excluding hydrogens is 323 g/mol. The highest BCUT2D eigenvalue weighted by Crippen LogP contribution is 2.25. The van der Waals surface area contributed by atoms with E-state index in [1.54, 1.807) is 25.0 Å². The van der Waals surface area contributed by atoms with Gasteiger partial charge in [-0.2, -0.15) is 0 Å². The lowest BCUT2D eigenvalue weighted by molar-refractivity contribution is 0.0450. The summed E-state index contributed by atoms with van der Waals surface area (Å²) < 4.78 is 18.4. The molecule has 5 nitrogen and oxygen atoms in total. The van der Waals surface area contributed by atoms with E-state index in [2.05, 4.69) is 4.90 Å². The minimum absolute atomic E-state index is 0.0739. The lowest BCUT2D eigenvalue weighted by Gasteiger charge is -2.39. The van der Waals surface area contributed by atoms with Crippen LogP contribution in [0.3, 0.4) is 0 Å². The number of piperidine rings is 1. The molecule has 140 valence electrons. The topological polar surface area (TPSA) is 53.0 Å². The molecule has 0 aromatic heterocycles. The first-order valence-electron chi connectivity index (χ1n) is 8.78. The molecule has 1 aromatic rings. The Balaban J connectivity index is 2.07. The fourth-order valence-corrected chi connectivity index (χ4v) is 3.57. The molecule has 0 aliphatic carbocycles. The number of aliphatic hydroxyl groups excluding tert-OH is 1. The van der Waals surface area contributed by atoms with Gasteiger partial charge in [-0.05, 0) is 56.0 Å². The van der Waals surface area contributed by atoms with Crippen LogP contribution in [-0.2, 0) is 4.74 Å². The minimum atomic E-state index is -0.335. The van der Waals surface area contributed by atoms with E-state index in [9.17, 15) is 14.3 Å². The average Bonchev–Trinajstić information content (AvgIpc) is 2.59. The summed E-state index contributed by atoms with van der Waals surface area (Å²) in [6.45, 7) is 5.39. The van der Waals surface area contributed by atoms with E-state index < -0.39 is 0 Å². The second-order valence-electron chi connectivity index (χ2n) is 7.07. The van der Waals surface area contributed by atoms with Crippen LogP contribution in [0.4, 0.5) is 4.39 Å². The monoisotopic (exact) mass is 352 g/mol. The average molecular weight is 352 g/mol. The van der Waals surface area contributed by atoms with Gasteiger partial charge in [-0.25, -0.2) is 4.39 Å². The number of hydrogen-bond acceptors (Lipinski definition) is 4. The number of hydrogen-bond donors (Lipinski definition) is 1. The third-order valence-electron chi connectivity index (χ3n) is 4.84. The summed E-state index contributed by atoms with van der Waals surface area (Å²) in [5.74, 6) is -0.0319. The fraction of sp³-hybridized carbons (Fsp3) is 0.632. The SMILES string of the molecule is COCCN(C)C[C@H]1C[C@@H](CO)CN(C(=O)c2ccc(F)cc2C)C1. The van der Waals surface area contributed by atoms with Gasteiger partial charge in [0, 0.05) is 45.5 Å². The Bertz CT molecular complexity index is 582. The summed E-state index contributed by atoms with van der Waals surface area (Å²) in [6.07, 6.45) is 0.903. The number of likely N-dealkylation sites (N-methyl/N-ethyl adjacent to an activating group) is 1. The molecule has 1 fully saturated rings. The first kappa shape index (κ1) is 19.8. The van der Waals surface area contributed by atoms with Gasteiger partial charge in [0.2, 0.25) is 0 Å². The van der Waals surface area contributed by atoms with Crippen molar-refractivity contribution in [1.82, 2.24) is 9.80 Å². The molecule has 0 saturated carbocycles. The van der Waals surface area contributed by atoms with Crippen molar-refractivity contribution in [3.05, 3.63) is 35.1 Å². The number of aliphatic hydroxyl groups is 1. The van der Waals surface area contributed by atoms with Crippen molar-refractivity contribution >= 4 is 5.91 Å². The molecule has 0 bridgehead atoms. The van der Waals surface area contributed by atoms with Gasteiger partial charge in [0.25, 0.3) is 5.91 Å². The van der Waals surface area contributed by atoms with Crippen molar-refractivity contribution in [2.75, 3.05) is 53.6 Å². The Hall–Kier alpha value is -1.50. The highest BCUT2D eigenvalue weighted by molar-refractivity contribution is 5.95. The number of halogens is 1. The third kappa shape index (κ3) is 5.49. The van der Waals surface area contributed by atoms with Crippen molar-refractivity contribution in [2.45, 2.75) is 13.3 Å². The zero-order valence-electron chi connectivity index (χ0n) is 15.4. The summed E-state index contributed by atoms with van der Waals surface area (Å²) in [7, 11) is 3.72. The predicted octanol–water partition coefficient (Wildman–Crippen LogP) is 1.78. The van der Waals surface area contributed by atoms with Gasteiger partial charge in [-0.3, -0.25) is 4.79 Å². The molecule has 1 saturated heterocycles. The van der Waals surface area contributed by atoms with E-state index in [4.69, 9.17) is 4.74 Å². The lowest BCUT2D eigenvalue weighted by atomic mass is 9.88. The van der Waals surface area contributed by atoms with E-state index in [0.717, 1.165) is 19.5 Å². The number of rotatable bonds is 7. The third-order valence-corrected chi connectivity index (χ3v) is 4.84. The Morgan fingerprint density at radius 3 is 2.76 bits per heavy atom. The Morgan fingerprint density at radius 1 is 1.40 bits per heavy atom. The number of methoxy groups -OCH3 is 1. The van der Waals surface area contributed by atoms with Crippen molar-refractivity contribution < 1.29 is 19.0 Å². The van der Waals surface area contributed by atoms with Gasteiger partial charge in [-0.15, -0.1) is 0 Å². The summed E-state index contributed by atoms with van der Waals surface area (Å²) in [4.78, 5) is 16.9. The van der Waals surface area contributed by atoms with Crippen LogP contribution >= 0.6 is 0 Å². The molecule has 1 aliphatic rings. The van der Waals surface area contributed by atoms with Crippen molar-refractivity contribution in [1.29, 1.82) is 0 Å². The standard InChI is InChI=1S/C19H29FN2O3/c1-14-8-17(20)4-5-18(14)19(24)22-11-15(9-16(12-22)13-23)10-21(2)6-7-25-3/h4-5,8,15-16,23H,6-7,9-13H2,1-3H3/t15-,16-/m1/s1. The zero-order chi connectivity index (χ0) is 18.4. The molecule has 2 atom stereocenters. The smallest absolute Gasteiger partial charge is 0.254 e. The van der Waals surface area contributed by atoms with E-state index in [0.29, 0.717) is 36.7 Å². The van der Waals surface area contributed by atoms with Crippen LogP contribution in [0.2, 0.25) is 0 Å². The second kappa shape index (κ2) is 9.27. The number of benzene rings is 1. The van der Waals surface area contributed by atoms with E-state index in [1.807, 2.05) is 7.05 Å². The Labute approximate surface area is 149 Å². The first-order valence-corrected chi connectivity index (χ1v) is 8.78. The summed E-state index contributed by atoms with van der Waals surface area (Å²) in [6, 6.07) is 4.26. The van der Waals surface area contributed by atoms with Gasteiger partial charge in [0.05, 0.1) is 6.61 Å². The Morgan fingerprint density at radius 2 is 2.12 bits per heavy atom. The number of ether oxygens (including phenoxy) is 1. The maximum atomic E-state index is 13.3. The molecule has 1 aromatic carbocycles. The van der Waals surface area contributed by atoms with Crippen LogP contribution in [0.15, 0.2) is 18.2 Å². The predicted molar refractivity (Wildman–Crippen MR) is 95.1 cm³/mol.